The molecule has 0 aliphatic carbocycles. The number of halogens is 1. The summed E-state index contributed by atoms with van der Waals surface area (Å²) in [6.07, 6.45) is 3.93. The van der Waals surface area contributed by atoms with Crippen LogP contribution in [0.1, 0.15) is 35.3 Å². The molecule has 0 N–H and O–H groups in total. The first kappa shape index (κ1) is 16.1. The fourth-order valence-electron chi connectivity index (χ4n) is 4.09. The van der Waals surface area contributed by atoms with Gasteiger partial charge in [0.25, 0.3) is 5.91 Å². The van der Waals surface area contributed by atoms with E-state index in [2.05, 4.69) is 4.98 Å². The molecule has 7 heteroatoms. The molecule has 2 aromatic rings. The van der Waals surface area contributed by atoms with Gasteiger partial charge >= 0.3 is 0 Å². The SMILES string of the molecule is Cc1ccn2c(F)c(C(=O)N3CC[C@]4(CCCN(C)C4=O)C3)nc2c1. The number of pyridine rings is 1. The zero-order valence-electron chi connectivity index (χ0n) is 14.5. The van der Waals surface area contributed by atoms with E-state index in [-0.39, 0.29) is 11.6 Å². The molecule has 0 saturated carbocycles. The van der Waals surface area contributed by atoms with Gasteiger partial charge in [-0.3, -0.25) is 14.0 Å². The topological polar surface area (TPSA) is 57.9 Å². The van der Waals surface area contributed by atoms with Crippen molar-refractivity contribution in [1.82, 2.24) is 19.2 Å². The first-order valence-electron chi connectivity index (χ1n) is 8.60. The van der Waals surface area contributed by atoms with Crippen molar-refractivity contribution in [3.63, 3.8) is 0 Å². The highest BCUT2D eigenvalue weighted by Gasteiger charge is 2.49. The highest BCUT2D eigenvalue weighted by atomic mass is 19.1. The average Bonchev–Trinajstić information content (AvgIpc) is 3.15. The maximum atomic E-state index is 14.6. The van der Waals surface area contributed by atoms with E-state index >= 15 is 0 Å². The number of nitrogens with zero attached hydrogens (tertiary/aromatic N) is 4. The number of aromatic nitrogens is 2. The third-order valence-corrected chi connectivity index (χ3v) is 5.52. The van der Waals surface area contributed by atoms with Crippen LogP contribution in [0.25, 0.3) is 5.65 Å². The second-order valence-corrected chi connectivity index (χ2v) is 7.27. The van der Waals surface area contributed by atoms with Crippen molar-refractivity contribution in [2.75, 3.05) is 26.7 Å². The van der Waals surface area contributed by atoms with E-state index < -0.39 is 17.3 Å². The van der Waals surface area contributed by atoms with Gasteiger partial charge in [0.05, 0.1) is 5.41 Å². The molecule has 0 aromatic carbocycles. The average molecular weight is 344 g/mol. The normalized spacial score (nSPS) is 23.9. The third-order valence-electron chi connectivity index (χ3n) is 5.52. The minimum Gasteiger partial charge on any atom is -0.345 e. The van der Waals surface area contributed by atoms with Gasteiger partial charge in [0.1, 0.15) is 5.65 Å². The predicted molar refractivity (Wildman–Crippen MR) is 89.7 cm³/mol. The molecular formula is C18H21FN4O2. The number of imidazole rings is 1. The maximum Gasteiger partial charge on any atom is 0.277 e. The number of carbonyl (C=O) groups is 2. The van der Waals surface area contributed by atoms with Gasteiger partial charge in [-0.2, -0.15) is 4.39 Å². The predicted octanol–water partition coefficient (Wildman–Crippen LogP) is 1.87. The van der Waals surface area contributed by atoms with Gasteiger partial charge in [0, 0.05) is 32.9 Å². The Hall–Kier alpha value is -2.44. The van der Waals surface area contributed by atoms with Gasteiger partial charge in [-0.1, -0.05) is 0 Å². The molecule has 2 aromatic heterocycles. The van der Waals surface area contributed by atoms with Crippen molar-refractivity contribution in [3.8, 4) is 0 Å². The molecule has 2 aliphatic heterocycles. The quantitative estimate of drug-likeness (QED) is 0.793. The number of rotatable bonds is 1. The lowest BCUT2D eigenvalue weighted by atomic mass is 9.78. The number of likely N-dealkylation sites (tertiary alicyclic amines) is 2. The molecule has 0 unspecified atom stereocenters. The number of carbonyl (C=O) groups excluding carboxylic acids is 2. The fraction of sp³-hybridized carbons (Fsp3) is 0.500. The number of hydrogen-bond donors (Lipinski definition) is 0. The monoisotopic (exact) mass is 344 g/mol. The first-order chi connectivity index (χ1) is 11.9. The van der Waals surface area contributed by atoms with Crippen molar-refractivity contribution >= 4 is 17.5 Å². The molecule has 2 fully saturated rings. The molecule has 1 atom stereocenters. The van der Waals surface area contributed by atoms with Crippen LogP contribution in [0.4, 0.5) is 4.39 Å². The summed E-state index contributed by atoms with van der Waals surface area (Å²) >= 11 is 0. The number of hydrogen-bond acceptors (Lipinski definition) is 3. The fourth-order valence-corrected chi connectivity index (χ4v) is 4.09. The lowest BCUT2D eigenvalue weighted by molar-refractivity contribution is -0.143. The Kier molecular flexibility index (Phi) is 3.56. The molecule has 4 heterocycles. The van der Waals surface area contributed by atoms with E-state index in [4.69, 9.17) is 0 Å². The van der Waals surface area contributed by atoms with Gasteiger partial charge in [-0.05, 0) is 43.9 Å². The van der Waals surface area contributed by atoms with Crippen molar-refractivity contribution in [1.29, 1.82) is 0 Å². The smallest absolute Gasteiger partial charge is 0.277 e. The largest absolute Gasteiger partial charge is 0.345 e. The Morgan fingerprint density at radius 2 is 2.12 bits per heavy atom. The van der Waals surface area contributed by atoms with Crippen molar-refractivity contribution < 1.29 is 14.0 Å². The van der Waals surface area contributed by atoms with Crippen LogP contribution in [-0.4, -0.2) is 57.7 Å². The van der Waals surface area contributed by atoms with Crippen molar-refractivity contribution in [3.05, 3.63) is 35.5 Å². The van der Waals surface area contributed by atoms with Crippen LogP contribution in [0.5, 0.6) is 0 Å². The molecule has 25 heavy (non-hydrogen) atoms. The Labute approximate surface area is 145 Å². The van der Waals surface area contributed by atoms with E-state index in [9.17, 15) is 14.0 Å². The van der Waals surface area contributed by atoms with Gasteiger partial charge in [0.2, 0.25) is 11.9 Å². The van der Waals surface area contributed by atoms with Crippen molar-refractivity contribution in [2.45, 2.75) is 26.2 Å². The Morgan fingerprint density at radius 1 is 1.32 bits per heavy atom. The molecule has 1 spiro atoms. The molecule has 4 rings (SSSR count). The van der Waals surface area contributed by atoms with Crippen LogP contribution in [0.3, 0.4) is 0 Å². The molecule has 6 nitrogen and oxygen atoms in total. The zero-order chi connectivity index (χ0) is 17.8. The molecule has 0 bridgehead atoms. The van der Waals surface area contributed by atoms with E-state index in [1.165, 1.54) is 4.40 Å². The lowest BCUT2D eigenvalue weighted by Gasteiger charge is -2.37. The highest BCUT2D eigenvalue weighted by molar-refractivity contribution is 5.94. The van der Waals surface area contributed by atoms with Crippen LogP contribution in [0, 0.1) is 18.3 Å². The second kappa shape index (κ2) is 5.54. The highest BCUT2D eigenvalue weighted by Crippen LogP contribution is 2.40. The molecule has 2 amide bonds. The first-order valence-corrected chi connectivity index (χ1v) is 8.60. The van der Waals surface area contributed by atoms with Crippen LogP contribution in [0.2, 0.25) is 0 Å². The van der Waals surface area contributed by atoms with Crippen LogP contribution < -0.4 is 0 Å². The summed E-state index contributed by atoms with van der Waals surface area (Å²) in [7, 11) is 1.80. The zero-order valence-corrected chi connectivity index (χ0v) is 14.5. The summed E-state index contributed by atoms with van der Waals surface area (Å²) in [6.45, 7) is 3.46. The Bertz CT molecular complexity index is 877. The van der Waals surface area contributed by atoms with Gasteiger partial charge < -0.3 is 9.80 Å². The molecule has 0 radical (unpaired) electrons. The van der Waals surface area contributed by atoms with E-state index in [1.54, 1.807) is 35.2 Å². The lowest BCUT2D eigenvalue weighted by Crippen LogP contribution is -2.48. The number of fused-ring (bicyclic) bond motifs is 1. The summed E-state index contributed by atoms with van der Waals surface area (Å²) in [4.78, 5) is 32.9. The summed E-state index contributed by atoms with van der Waals surface area (Å²) in [5.74, 6) is -0.982. The van der Waals surface area contributed by atoms with E-state index in [0.29, 0.717) is 25.2 Å². The minimum absolute atomic E-state index is 0.0974. The summed E-state index contributed by atoms with van der Waals surface area (Å²) in [5, 5.41) is 0. The van der Waals surface area contributed by atoms with Gasteiger partial charge in [-0.15, -0.1) is 0 Å². The van der Waals surface area contributed by atoms with E-state index in [0.717, 1.165) is 24.9 Å². The van der Waals surface area contributed by atoms with Crippen LogP contribution in [0.15, 0.2) is 18.3 Å². The molecule has 132 valence electrons. The maximum absolute atomic E-state index is 14.6. The molecule has 2 saturated heterocycles. The van der Waals surface area contributed by atoms with Crippen LogP contribution in [-0.2, 0) is 4.79 Å². The van der Waals surface area contributed by atoms with Crippen molar-refractivity contribution in [2.24, 2.45) is 5.41 Å². The Morgan fingerprint density at radius 3 is 2.92 bits per heavy atom. The third kappa shape index (κ3) is 2.41. The van der Waals surface area contributed by atoms with Crippen LogP contribution >= 0.6 is 0 Å². The summed E-state index contributed by atoms with van der Waals surface area (Å²) < 4.78 is 15.9. The number of amides is 2. The molecule has 2 aliphatic rings. The summed E-state index contributed by atoms with van der Waals surface area (Å²) in [6, 6.07) is 3.51. The molecular weight excluding hydrogens is 323 g/mol. The standard InChI is InChI=1S/C18H21FN4O2/c1-12-4-8-23-13(10-12)20-14(15(23)19)16(24)22-9-6-18(11-22)5-3-7-21(2)17(18)25/h4,8,10H,3,5-7,9,11H2,1-2H3/t18-/m1/s1. The van der Waals surface area contributed by atoms with Gasteiger partial charge in [-0.25, -0.2) is 4.98 Å². The minimum atomic E-state index is -0.645. The summed E-state index contributed by atoms with van der Waals surface area (Å²) in [5.41, 5.74) is 0.699. The second-order valence-electron chi connectivity index (χ2n) is 7.27. The number of piperidine rings is 1. The number of aryl methyl sites for hydroxylation is 1. The van der Waals surface area contributed by atoms with E-state index in [1.807, 2.05) is 6.92 Å². The Balaban J connectivity index is 1.62. The van der Waals surface area contributed by atoms with Gasteiger partial charge in [0.15, 0.2) is 5.69 Å².